The Labute approximate surface area is 126 Å². The fourth-order valence-corrected chi connectivity index (χ4v) is 3.59. The molecule has 1 aliphatic rings. The lowest BCUT2D eigenvalue weighted by molar-refractivity contribution is -0.384. The van der Waals surface area contributed by atoms with Gasteiger partial charge in [0.15, 0.2) is 0 Å². The minimum absolute atomic E-state index is 0.158. The molecule has 0 amide bonds. The highest BCUT2D eigenvalue weighted by Crippen LogP contribution is 2.34. The highest BCUT2D eigenvalue weighted by atomic mass is 16.6. The third kappa shape index (κ3) is 3.54. The van der Waals surface area contributed by atoms with Crippen molar-refractivity contribution in [3.63, 3.8) is 0 Å². The van der Waals surface area contributed by atoms with Gasteiger partial charge in [0, 0.05) is 13.1 Å². The van der Waals surface area contributed by atoms with Gasteiger partial charge in [-0.2, -0.15) is 5.10 Å². The van der Waals surface area contributed by atoms with Gasteiger partial charge in [0.1, 0.15) is 5.69 Å². The molecule has 6 nitrogen and oxygen atoms in total. The van der Waals surface area contributed by atoms with Crippen LogP contribution >= 0.6 is 0 Å². The van der Waals surface area contributed by atoms with E-state index in [0.29, 0.717) is 35.8 Å². The van der Waals surface area contributed by atoms with Crippen LogP contribution in [0.2, 0.25) is 0 Å². The number of rotatable bonds is 5. The Bertz CT molecular complexity index is 502. The van der Waals surface area contributed by atoms with E-state index in [2.05, 4.69) is 24.3 Å². The first kappa shape index (κ1) is 15.8. The third-order valence-electron chi connectivity index (χ3n) is 4.28. The van der Waals surface area contributed by atoms with Gasteiger partial charge in [-0.15, -0.1) is 0 Å². The maximum absolute atomic E-state index is 11.4. The van der Waals surface area contributed by atoms with Crippen LogP contribution in [0.25, 0.3) is 0 Å². The molecular weight excluding hydrogens is 268 g/mol. The van der Waals surface area contributed by atoms with Crippen LogP contribution in [0.3, 0.4) is 0 Å². The zero-order valence-electron chi connectivity index (χ0n) is 13.4. The Kier molecular flexibility index (Phi) is 4.85. The monoisotopic (exact) mass is 294 g/mol. The molecule has 118 valence electrons. The molecule has 1 aliphatic carbocycles. The van der Waals surface area contributed by atoms with E-state index in [1.807, 2.05) is 6.92 Å². The largest absolute Gasteiger partial charge is 0.362 e. The van der Waals surface area contributed by atoms with Crippen molar-refractivity contribution < 1.29 is 4.92 Å². The van der Waals surface area contributed by atoms with Crippen molar-refractivity contribution in [1.82, 2.24) is 9.78 Å². The minimum atomic E-state index is -0.296. The lowest BCUT2D eigenvalue weighted by Crippen LogP contribution is -2.31. The molecule has 0 aliphatic heterocycles. The molecule has 1 aromatic heterocycles. The first-order valence-electron chi connectivity index (χ1n) is 7.89. The number of nitrogens with one attached hydrogen (secondary N) is 1. The standard InChI is InChI=1S/C15H26N4O2/c1-5-6-13-14(19(20)21)15(18(4)17-13)16-12-8-10(2)7-11(3)9-12/h10-12,16H,5-9H2,1-4H3. The normalized spacial score (nSPS) is 25.8. The zero-order valence-corrected chi connectivity index (χ0v) is 13.4. The van der Waals surface area contributed by atoms with Gasteiger partial charge in [0.25, 0.3) is 0 Å². The number of anilines is 1. The maximum Gasteiger partial charge on any atom is 0.333 e. The highest BCUT2D eigenvalue weighted by molar-refractivity contribution is 5.60. The Morgan fingerprint density at radius 3 is 2.48 bits per heavy atom. The molecule has 0 radical (unpaired) electrons. The highest BCUT2D eigenvalue weighted by Gasteiger charge is 2.30. The molecule has 0 saturated heterocycles. The molecule has 1 aromatic rings. The summed E-state index contributed by atoms with van der Waals surface area (Å²) in [5.41, 5.74) is 0.745. The molecule has 2 unspecified atom stereocenters. The van der Waals surface area contributed by atoms with Crippen LogP contribution < -0.4 is 5.32 Å². The second-order valence-electron chi connectivity index (χ2n) is 6.53. The maximum atomic E-state index is 11.4. The van der Waals surface area contributed by atoms with Crippen molar-refractivity contribution in [3.05, 3.63) is 15.8 Å². The smallest absolute Gasteiger partial charge is 0.333 e. The summed E-state index contributed by atoms with van der Waals surface area (Å²) >= 11 is 0. The first-order chi connectivity index (χ1) is 9.92. The van der Waals surface area contributed by atoms with E-state index >= 15 is 0 Å². The molecule has 6 heteroatoms. The first-order valence-corrected chi connectivity index (χ1v) is 7.89. The van der Waals surface area contributed by atoms with Crippen LogP contribution in [-0.2, 0) is 13.5 Å². The lowest BCUT2D eigenvalue weighted by Gasteiger charge is -2.32. The van der Waals surface area contributed by atoms with Gasteiger partial charge in [-0.05, 0) is 37.5 Å². The van der Waals surface area contributed by atoms with Crippen LogP contribution in [-0.4, -0.2) is 20.7 Å². The van der Waals surface area contributed by atoms with E-state index in [0.717, 1.165) is 19.3 Å². The van der Waals surface area contributed by atoms with E-state index in [1.165, 1.54) is 6.42 Å². The van der Waals surface area contributed by atoms with Crippen molar-refractivity contribution >= 4 is 11.5 Å². The van der Waals surface area contributed by atoms with Gasteiger partial charge in [-0.25, -0.2) is 4.68 Å². The Balaban J connectivity index is 2.24. The van der Waals surface area contributed by atoms with Crippen LogP contribution in [0.4, 0.5) is 11.5 Å². The van der Waals surface area contributed by atoms with Crippen molar-refractivity contribution in [2.24, 2.45) is 18.9 Å². The van der Waals surface area contributed by atoms with Crippen molar-refractivity contribution in [1.29, 1.82) is 0 Å². The van der Waals surface area contributed by atoms with Gasteiger partial charge < -0.3 is 5.32 Å². The van der Waals surface area contributed by atoms with Crippen LogP contribution in [0.5, 0.6) is 0 Å². The molecule has 1 heterocycles. The van der Waals surface area contributed by atoms with E-state index < -0.39 is 0 Å². The summed E-state index contributed by atoms with van der Waals surface area (Å²) < 4.78 is 1.63. The van der Waals surface area contributed by atoms with E-state index in [-0.39, 0.29) is 10.6 Å². The summed E-state index contributed by atoms with van der Waals surface area (Å²) in [5.74, 6) is 1.89. The topological polar surface area (TPSA) is 73.0 Å². The van der Waals surface area contributed by atoms with E-state index in [4.69, 9.17) is 0 Å². The second kappa shape index (κ2) is 6.45. The third-order valence-corrected chi connectivity index (χ3v) is 4.28. The van der Waals surface area contributed by atoms with E-state index in [1.54, 1.807) is 11.7 Å². The van der Waals surface area contributed by atoms with Gasteiger partial charge in [0.05, 0.1) is 4.92 Å². The Morgan fingerprint density at radius 1 is 1.33 bits per heavy atom. The molecular formula is C15H26N4O2. The molecule has 1 fully saturated rings. The Hall–Kier alpha value is -1.59. The fourth-order valence-electron chi connectivity index (χ4n) is 3.59. The molecule has 0 bridgehead atoms. The van der Waals surface area contributed by atoms with Gasteiger partial charge in [-0.1, -0.05) is 27.2 Å². The second-order valence-corrected chi connectivity index (χ2v) is 6.53. The van der Waals surface area contributed by atoms with Crippen molar-refractivity contribution in [2.45, 2.75) is 58.9 Å². The molecule has 0 aromatic carbocycles. The SMILES string of the molecule is CCCc1nn(C)c(NC2CC(C)CC(C)C2)c1[N+](=O)[O-]. The molecule has 21 heavy (non-hydrogen) atoms. The van der Waals surface area contributed by atoms with Crippen molar-refractivity contribution in [3.8, 4) is 0 Å². The number of hydrogen-bond donors (Lipinski definition) is 1. The Morgan fingerprint density at radius 2 is 1.95 bits per heavy atom. The summed E-state index contributed by atoms with van der Waals surface area (Å²) in [4.78, 5) is 11.1. The van der Waals surface area contributed by atoms with E-state index in [9.17, 15) is 10.1 Å². The number of nitro groups is 1. The van der Waals surface area contributed by atoms with Crippen molar-refractivity contribution in [2.75, 3.05) is 5.32 Å². The van der Waals surface area contributed by atoms with Crippen LogP contribution in [0.1, 0.15) is 52.1 Å². The molecule has 2 rings (SSSR count). The zero-order chi connectivity index (χ0) is 15.6. The number of aryl methyl sites for hydroxylation is 2. The average Bonchev–Trinajstić information content (AvgIpc) is 2.65. The summed E-state index contributed by atoms with van der Waals surface area (Å²) in [6.45, 7) is 6.52. The van der Waals surface area contributed by atoms with Crippen LogP contribution in [0.15, 0.2) is 0 Å². The van der Waals surface area contributed by atoms with Crippen LogP contribution in [0, 0.1) is 22.0 Å². The number of aromatic nitrogens is 2. The summed E-state index contributed by atoms with van der Waals surface area (Å²) in [7, 11) is 1.78. The predicted molar refractivity (Wildman–Crippen MR) is 83.4 cm³/mol. The minimum Gasteiger partial charge on any atom is -0.362 e. The summed E-state index contributed by atoms with van der Waals surface area (Å²) in [6, 6.07) is 0.298. The summed E-state index contributed by atoms with van der Waals surface area (Å²) in [6.07, 6.45) is 4.87. The molecule has 2 atom stereocenters. The van der Waals surface area contributed by atoms with Gasteiger partial charge in [-0.3, -0.25) is 10.1 Å². The molecule has 0 spiro atoms. The summed E-state index contributed by atoms with van der Waals surface area (Å²) in [5, 5.41) is 19.1. The van der Waals surface area contributed by atoms with Gasteiger partial charge >= 0.3 is 5.69 Å². The number of nitrogens with zero attached hydrogens (tertiary/aromatic N) is 3. The lowest BCUT2D eigenvalue weighted by atomic mass is 9.80. The quantitative estimate of drug-likeness (QED) is 0.666. The number of hydrogen-bond acceptors (Lipinski definition) is 4. The molecule has 1 saturated carbocycles. The molecule has 1 N–H and O–H groups in total. The fraction of sp³-hybridized carbons (Fsp3) is 0.800. The van der Waals surface area contributed by atoms with Gasteiger partial charge in [0.2, 0.25) is 5.82 Å². The predicted octanol–water partition coefficient (Wildman–Crippen LogP) is 3.52. The average molecular weight is 294 g/mol.